The lowest BCUT2D eigenvalue weighted by atomic mass is 9.86. The van der Waals surface area contributed by atoms with Gasteiger partial charge in [0.25, 0.3) is 17.7 Å². The highest BCUT2D eigenvalue weighted by Gasteiger charge is 2.25. The first-order valence-electron chi connectivity index (χ1n) is 45.9. The maximum atomic E-state index is 12.9. The Hall–Kier alpha value is -10.9. The van der Waals surface area contributed by atoms with E-state index in [1.165, 1.54) is 39.6 Å². The molecule has 6 aromatic heterocycles. The van der Waals surface area contributed by atoms with Crippen LogP contribution in [0.5, 0.6) is 17.2 Å². The molecule has 36 heteroatoms. The third kappa shape index (κ3) is 33.8. The molecule has 6 heterocycles. The standard InChI is InChI=1S/C38H45N3O6S2.C34H36BrN3O6S2.C34H35Cl2N3O6S2/c1-25(30-24-48-36(35(30)46)27-10-12-29(13-11-27)38(2,3)4)40-23-32(45)34-16-15-33(49-34)31(44)14-7-26-5-8-28(9-6-26)37(47)39-17-18-41(19-21-42)20-22-43;1-22(27-21-45-33(32(27)43)24-7-9-26(35)10-8-24)37-20-29(42)31-13-12-30(46-31)28(41)11-4-23-2-5-25(6-3-23)34(44)36-14-15-38(16-18-39)17-19-40;1-21(25-20-46-33(32(25)44)24-7-8-26(35)27(36)18-24)38-19-29(43)31-11-10-30(47-31)28(42)9-4-22-2-5-23(6-3-22)34(45)37-12-13-39(14-16-40)15-17-41/h5-6,8-13,15-16,24,42-43,46H,7,14,17-23H2,1-4H3,(H,39,47);2-3,5-10,12-13,21,39-40,43H,4,11,14-20H2,1H3,(H,36,44);2-3,5-8,10-11,18,20,40-41,44H,4,9,12-17,19H2,1H3,(H,37,45). The van der Waals surface area contributed by atoms with Gasteiger partial charge in [0.05, 0.1) is 93.6 Å². The molecule has 12 N–H and O–H groups in total. The monoisotopic (exact) mass is 2140 g/mol. The molecule has 0 saturated heterocycles. The van der Waals surface area contributed by atoms with Gasteiger partial charge < -0.3 is 61.9 Å². The van der Waals surface area contributed by atoms with Crippen molar-refractivity contribution < 1.29 is 89.1 Å². The number of nitrogens with one attached hydrogen (secondary N) is 3. The van der Waals surface area contributed by atoms with Gasteiger partial charge >= 0.3 is 0 Å². The molecule has 3 amide bonds. The fraction of sp³-hybridized carbons (Fsp3) is 0.321. The molecule has 750 valence electrons. The largest absolute Gasteiger partial charge is 0.506 e. The van der Waals surface area contributed by atoms with Gasteiger partial charge in [-0.05, 0) is 181 Å². The number of carbonyl (C=O) groups is 9. The van der Waals surface area contributed by atoms with Crippen LogP contribution in [-0.4, -0.2) is 268 Å². The number of thiophene rings is 6. The molecule has 12 aromatic rings. The molecule has 0 unspecified atom stereocenters. The van der Waals surface area contributed by atoms with Crippen LogP contribution in [0.4, 0.5) is 0 Å². The van der Waals surface area contributed by atoms with Crippen molar-refractivity contribution in [1.29, 1.82) is 0 Å². The van der Waals surface area contributed by atoms with E-state index in [9.17, 15) is 58.5 Å². The van der Waals surface area contributed by atoms with Crippen LogP contribution in [-0.2, 0) is 24.7 Å². The topological polar surface area (TPSA) is 419 Å². The predicted octanol–water partition coefficient (Wildman–Crippen LogP) is 17.5. The van der Waals surface area contributed by atoms with Gasteiger partial charge in [0.15, 0.2) is 34.7 Å². The van der Waals surface area contributed by atoms with Crippen molar-refractivity contribution in [2.75, 3.05) is 138 Å². The van der Waals surface area contributed by atoms with Crippen molar-refractivity contribution in [2.24, 2.45) is 15.0 Å². The molecule has 0 radical (unpaired) electrons. The van der Waals surface area contributed by atoms with Crippen LogP contribution in [0, 0.1) is 0 Å². The van der Waals surface area contributed by atoms with E-state index in [0.29, 0.717) is 193 Å². The number of rotatable bonds is 51. The van der Waals surface area contributed by atoms with E-state index < -0.39 is 0 Å². The summed E-state index contributed by atoms with van der Waals surface area (Å²) in [5.74, 6) is -1.14. The van der Waals surface area contributed by atoms with Crippen LogP contribution in [0.1, 0.15) is 189 Å². The Morgan fingerprint density at radius 1 is 0.345 bits per heavy atom. The second-order valence-corrected chi connectivity index (χ2v) is 41.5. The first-order chi connectivity index (χ1) is 68.2. The number of aromatic hydroxyl groups is 3. The Morgan fingerprint density at radius 2 is 0.613 bits per heavy atom. The molecule has 0 aliphatic rings. The summed E-state index contributed by atoms with van der Waals surface area (Å²) in [5.41, 5.74) is 11.4. The Labute approximate surface area is 867 Å². The van der Waals surface area contributed by atoms with E-state index in [2.05, 4.69) is 79.8 Å². The number of hydrogen-bond acceptors (Lipinski definition) is 30. The van der Waals surface area contributed by atoms with Gasteiger partial charge in [-0.25, -0.2) is 0 Å². The molecule has 0 saturated carbocycles. The van der Waals surface area contributed by atoms with Crippen molar-refractivity contribution in [1.82, 2.24) is 30.7 Å². The lowest BCUT2D eigenvalue weighted by Crippen LogP contribution is -2.37. The average molecular weight is 2150 g/mol. The van der Waals surface area contributed by atoms with Gasteiger partial charge in [-0.3, -0.25) is 72.8 Å². The molecule has 0 aliphatic heterocycles. The Bertz CT molecular complexity index is 6340. The van der Waals surface area contributed by atoms with Gasteiger partial charge in [0, 0.05) is 169 Å². The molecular weight excluding hydrogens is 2030 g/mol. The molecule has 27 nitrogen and oxygen atoms in total. The summed E-state index contributed by atoms with van der Waals surface area (Å²) in [6.45, 7) is 16.6. The maximum absolute atomic E-state index is 12.9. The van der Waals surface area contributed by atoms with Gasteiger partial charge in [-0.1, -0.05) is 139 Å². The Balaban J connectivity index is 0.000000219. The normalized spacial score (nSPS) is 11.8. The molecule has 0 spiro atoms. The van der Waals surface area contributed by atoms with E-state index in [4.69, 9.17) is 53.8 Å². The smallest absolute Gasteiger partial charge is 0.251 e. The molecule has 0 bridgehead atoms. The number of aliphatic hydroxyl groups excluding tert-OH is 6. The van der Waals surface area contributed by atoms with Crippen molar-refractivity contribution in [3.8, 4) is 48.6 Å². The number of amides is 3. The van der Waals surface area contributed by atoms with Crippen LogP contribution < -0.4 is 16.0 Å². The molecule has 142 heavy (non-hydrogen) atoms. The van der Waals surface area contributed by atoms with Gasteiger partial charge in [-0.2, -0.15) is 0 Å². The number of aliphatic imine (C=N–C) groups is 3. The van der Waals surface area contributed by atoms with Crippen LogP contribution in [0.15, 0.2) is 212 Å². The highest BCUT2D eigenvalue weighted by Crippen LogP contribution is 2.43. The summed E-state index contributed by atoms with van der Waals surface area (Å²) >= 11 is 23.2. The molecule has 6 aromatic carbocycles. The van der Waals surface area contributed by atoms with Crippen LogP contribution in [0.3, 0.4) is 0 Å². The third-order valence-electron chi connectivity index (χ3n) is 22.8. The number of ketones is 6. The van der Waals surface area contributed by atoms with E-state index in [1.54, 1.807) is 117 Å². The van der Waals surface area contributed by atoms with Crippen LogP contribution in [0.2, 0.25) is 10.0 Å². The van der Waals surface area contributed by atoms with Crippen LogP contribution in [0.25, 0.3) is 31.3 Å². The number of hydrogen-bond donors (Lipinski definition) is 12. The van der Waals surface area contributed by atoms with E-state index in [-0.39, 0.29) is 154 Å². The minimum Gasteiger partial charge on any atom is -0.506 e. The zero-order valence-corrected chi connectivity index (χ0v) is 87.5. The highest BCUT2D eigenvalue weighted by molar-refractivity contribution is 9.10. The number of benzene rings is 6. The second kappa shape index (κ2) is 56.9. The minimum absolute atomic E-state index is 0.0165. The molecule has 0 atom stereocenters. The summed E-state index contributed by atoms with van der Waals surface area (Å²) in [6.07, 6.45) is 2.25. The fourth-order valence-corrected chi connectivity index (χ4v) is 20.8. The van der Waals surface area contributed by atoms with E-state index in [0.717, 1.165) is 81.6 Å². The maximum Gasteiger partial charge on any atom is 0.251 e. The summed E-state index contributed by atoms with van der Waals surface area (Å²) in [5, 5.41) is 102. The summed E-state index contributed by atoms with van der Waals surface area (Å²) < 4.78 is 0.950. The molecule has 0 fully saturated rings. The highest BCUT2D eigenvalue weighted by atomic mass is 79.9. The Morgan fingerprint density at radius 3 is 0.887 bits per heavy atom. The Kier molecular flexibility index (Phi) is 45.3. The van der Waals surface area contributed by atoms with E-state index >= 15 is 0 Å². The number of carbonyl (C=O) groups excluding carboxylic acids is 9. The zero-order chi connectivity index (χ0) is 103. The predicted molar refractivity (Wildman–Crippen MR) is 574 cm³/mol. The minimum atomic E-state index is -0.226. The molecular formula is C106H116BrCl2N9O18S6. The first kappa shape index (κ1) is 113. The lowest BCUT2D eigenvalue weighted by molar-refractivity contribution is 0.0935. The van der Waals surface area contributed by atoms with E-state index in [1.807, 2.05) is 98.3 Å². The fourth-order valence-electron chi connectivity index (χ4n) is 14.5. The SMILES string of the molecule is CC(=NCC(=O)c1ccc(C(=O)CCc2ccc(C(=O)NCCN(CCO)CCO)cc2)s1)c1csc(-c2ccc(Br)cc2)c1O.CC(=NCC(=O)c1ccc(C(=O)CCc2ccc(C(=O)NCCN(CCO)CCO)cc2)s1)c1csc(-c2ccc(C(C)(C)C)cc2)c1O.CC(=NCC(=O)c1ccc(C(=O)CCc2ccc(C(=O)NCCN(CCO)CCO)cc2)s1)c1csc(-c2ccc(Cl)c(Cl)c2)c1O. The third-order valence-corrected chi connectivity index (χ3v) is 30.6. The second-order valence-electron chi connectivity index (χ2n) is 33.9. The number of halogens is 3. The van der Waals surface area contributed by atoms with Gasteiger partial charge in [0.1, 0.15) is 36.9 Å². The molecule has 0 aliphatic carbocycles. The summed E-state index contributed by atoms with van der Waals surface area (Å²) in [7, 11) is 0. The van der Waals surface area contributed by atoms with Gasteiger partial charge in [0.2, 0.25) is 0 Å². The number of aliphatic hydroxyl groups is 6. The average Bonchev–Trinajstić information content (AvgIpc) is 1.65. The van der Waals surface area contributed by atoms with Crippen molar-refractivity contribution in [3.05, 3.63) is 291 Å². The quantitative estimate of drug-likeness (QED) is 0.0124. The zero-order valence-electron chi connectivity index (χ0n) is 79.5. The van der Waals surface area contributed by atoms with Crippen LogP contribution >= 0.6 is 107 Å². The summed E-state index contributed by atoms with van der Waals surface area (Å²) in [4.78, 5) is 139. The first-order valence-corrected chi connectivity index (χ1v) is 52.6. The number of aryl methyl sites for hydroxylation is 3. The summed E-state index contributed by atoms with van der Waals surface area (Å²) in [6, 6.07) is 52.1. The van der Waals surface area contributed by atoms with Crippen molar-refractivity contribution in [3.63, 3.8) is 0 Å². The van der Waals surface area contributed by atoms with Crippen molar-refractivity contribution >= 4 is 177 Å². The van der Waals surface area contributed by atoms with Gasteiger partial charge in [-0.15, -0.1) is 68.0 Å². The number of nitrogens with zero attached hydrogens (tertiary/aromatic N) is 6. The number of Topliss-reactive ketones (excluding diaryl/α,β-unsaturated/α-hetero) is 6. The van der Waals surface area contributed by atoms with Crippen molar-refractivity contribution in [2.45, 2.75) is 85.5 Å². The molecule has 12 rings (SSSR count). The lowest BCUT2D eigenvalue weighted by Gasteiger charge is -2.20.